The molecular weight excluding hydrogens is 348 g/mol. The van der Waals surface area contributed by atoms with Gasteiger partial charge in [-0.3, -0.25) is 4.98 Å². The first kappa shape index (κ1) is 16.9. The minimum Gasteiger partial charge on any atom is -0.309 e. The Morgan fingerprint density at radius 3 is 2.69 bits per heavy atom. The fourth-order valence-corrected chi connectivity index (χ4v) is 4.92. The summed E-state index contributed by atoms with van der Waals surface area (Å²) in [6.45, 7) is 0.567. The molecule has 3 aromatic rings. The van der Waals surface area contributed by atoms with Crippen molar-refractivity contribution in [3.05, 3.63) is 66.6 Å². The van der Waals surface area contributed by atoms with Gasteiger partial charge in [0.1, 0.15) is 0 Å². The van der Waals surface area contributed by atoms with Crippen molar-refractivity contribution in [3.63, 3.8) is 0 Å². The molecule has 0 amide bonds. The number of rotatable bonds is 5. The molecule has 7 heteroatoms. The van der Waals surface area contributed by atoms with E-state index in [1.807, 2.05) is 53.3 Å². The minimum absolute atomic E-state index is 0.00169. The molecule has 1 N–H and O–H groups in total. The molecule has 1 aromatic carbocycles. The predicted octanol–water partition coefficient (Wildman–Crippen LogP) is 2.21. The lowest BCUT2D eigenvalue weighted by molar-refractivity contribution is 0.554. The van der Waals surface area contributed by atoms with Gasteiger partial charge in [-0.1, -0.05) is 18.2 Å². The second-order valence-electron chi connectivity index (χ2n) is 6.51. The Morgan fingerprint density at radius 2 is 2.00 bits per heavy atom. The molecule has 1 aliphatic heterocycles. The standard InChI is InChI=1S/C19H20N4O2S/c24-26(25)10-8-17(14-26)21-12-16-13-23(18-6-2-1-3-7-18)22-19(16)15-5-4-9-20-11-15/h1-7,9,11,13,17,21H,8,10,12,14H2. The van der Waals surface area contributed by atoms with Crippen LogP contribution in [0, 0.1) is 0 Å². The van der Waals surface area contributed by atoms with Crippen molar-refractivity contribution in [2.75, 3.05) is 11.5 Å². The van der Waals surface area contributed by atoms with Crippen molar-refractivity contribution >= 4 is 9.84 Å². The van der Waals surface area contributed by atoms with Crippen molar-refractivity contribution in [1.29, 1.82) is 0 Å². The van der Waals surface area contributed by atoms with Crippen LogP contribution < -0.4 is 5.32 Å². The molecule has 6 nitrogen and oxygen atoms in total. The van der Waals surface area contributed by atoms with E-state index in [-0.39, 0.29) is 17.5 Å². The lowest BCUT2D eigenvalue weighted by Crippen LogP contribution is -2.29. The number of hydrogen-bond donors (Lipinski definition) is 1. The van der Waals surface area contributed by atoms with Gasteiger partial charge in [0.05, 0.1) is 22.9 Å². The number of benzene rings is 1. The summed E-state index contributed by atoms with van der Waals surface area (Å²) in [6.07, 6.45) is 6.19. The van der Waals surface area contributed by atoms with Crippen LogP contribution in [0.25, 0.3) is 16.9 Å². The monoisotopic (exact) mass is 368 g/mol. The lowest BCUT2D eigenvalue weighted by atomic mass is 10.1. The predicted molar refractivity (Wildman–Crippen MR) is 101 cm³/mol. The molecular formula is C19H20N4O2S. The van der Waals surface area contributed by atoms with Gasteiger partial charge in [0.25, 0.3) is 0 Å². The summed E-state index contributed by atoms with van der Waals surface area (Å²) in [5.74, 6) is 0.478. The smallest absolute Gasteiger partial charge is 0.151 e. The minimum atomic E-state index is -2.89. The van der Waals surface area contributed by atoms with Gasteiger partial charge in [0, 0.05) is 42.3 Å². The summed E-state index contributed by atoms with van der Waals surface area (Å²) < 4.78 is 25.2. The molecule has 1 saturated heterocycles. The topological polar surface area (TPSA) is 76.9 Å². The van der Waals surface area contributed by atoms with Crippen molar-refractivity contribution in [3.8, 4) is 16.9 Å². The SMILES string of the molecule is O=S1(=O)CCC(NCc2cn(-c3ccccc3)nc2-c2cccnc2)C1. The second-order valence-corrected chi connectivity index (χ2v) is 8.73. The van der Waals surface area contributed by atoms with Crippen LogP contribution in [0.2, 0.25) is 0 Å². The van der Waals surface area contributed by atoms with Crippen molar-refractivity contribution < 1.29 is 8.42 Å². The molecule has 2 aromatic heterocycles. The first-order valence-electron chi connectivity index (χ1n) is 8.59. The van der Waals surface area contributed by atoms with E-state index in [4.69, 9.17) is 5.10 Å². The fraction of sp³-hybridized carbons (Fsp3) is 0.263. The van der Waals surface area contributed by atoms with Gasteiger partial charge in [0.15, 0.2) is 9.84 Å². The van der Waals surface area contributed by atoms with Crippen LogP contribution in [0.3, 0.4) is 0 Å². The third kappa shape index (κ3) is 3.68. The zero-order chi connectivity index (χ0) is 18.0. The van der Waals surface area contributed by atoms with Crippen LogP contribution in [-0.4, -0.2) is 40.7 Å². The highest BCUT2D eigenvalue weighted by Gasteiger charge is 2.27. The van der Waals surface area contributed by atoms with Crippen LogP contribution in [0.15, 0.2) is 61.1 Å². The van der Waals surface area contributed by atoms with Gasteiger partial charge < -0.3 is 5.32 Å². The highest BCUT2D eigenvalue weighted by atomic mass is 32.2. The summed E-state index contributed by atoms with van der Waals surface area (Å²) in [5, 5.41) is 8.12. The van der Waals surface area contributed by atoms with E-state index in [1.54, 1.807) is 12.4 Å². The Hall–Kier alpha value is -2.51. The van der Waals surface area contributed by atoms with Gasteiger partial charge in [-0.15, -0.1) is 0 Å². The van der Waals surface area contributed by atoms with Crippen molar-refractivity contribution in [1.82, 2.24) is 20.1 Å². The zero-order valence-corrected chi connectivity index (χ0v) is 15.1. The number of nitrogens with one attached hydrogen (secondary N) is 1. The molecule has 1 unspecified atom stereocenters. The van der Waals surface area contributed by atoms with Crippen LogP contribution in [0.4, 0.5) is 0 Å². The van der Waals surface area contributed by atoms with Crippen LogP contribution in [0.5, 0.6) is 0 Å². The molecule has 1 aliphatic rings. The third-order valence-corrected chi connectivity index (χ3v) is 6.33. The number of sulfone groups is 1. The Labute approximate surface area is 152 Å². The molecule has 0 radical (unpaired) electrons. The Morgan fingerprint density at radius 1 is 1.15 bits per heavy atom. The van der Waals surface area contributed by atoms with E-state index >= 15 is 0 Å². The molecule has 26 heavy (non-hydrogen) atoms. The molecule has 0 bridgehead atoms. The van der Waals surface area contributed by atoms with E-state index in [2.05, 4.69) is 10.3 Å². The fourth-order valence-electron chi connectivity index (χ4n) is 3.21. The van der Waals surface area contributed by atoms with Crippen LogP contribution >= 0.6 is 0 Å². The van der Waals surface area contributed by atoms with Gasteiger partial charge in [-0.2, -0.15) is 5.10 Å². The van der Waals surface area contributed by atoms with E-state index in [0.717, 1.165) is 22.5 Å². The molecule has 0 spiro atoms. The molecule has 3 heterocycles. The number of nitrogens with zero attached hydrogens (tertiary/aromatic N) is 3. The number of para-hydroxylation sites is 1. The van der Waals surface area contributed by atoms with Gasteiger partial charge in [-0.25, -0.2) is 13.1 Å². The Kier molecular flexibility index (Phi) is 4.57. The maximum Gasteiger partial charge on any atom is 0.151 e. The van der Waals surface area contributed by atoms with Crippen molar-refractivity contribution in [2.24, 2.45) is 0 Å². The van der Waals surface area contributed by atoms with Gasteiger partial charge in [-0.05, 0) is 30.7 Å². The maximum atomic E-state index is 11.7. The summed E-state index contributed by atoms with van der Waals surface area (Å²) in [5.41, 5.74) is 3.80. The summed E-state index contributed by atoms with van der Waals surface area (Å²) in [6, 6.07) is 13.8. The van der Waals surface area contributed by atoms with Crippen LogP contribution in [-0.2, 0) is 16.4 Å². The lowest BCUT2D eigenvalue weighted by Gasteiger charge is -2.10. The average molecular weight is 368 g/mol. The largest absolute Gasteiger partial charge is 0.309 e. The number of aromatic nitrogens is 3. The van der Waals surface area contributed by atoms with E-state index in [1.165, 1.54) is 0 Å². The number of hydrogen-bond acceptors (Lipinski definition) is 5. The first-order valence-corrected chi connectivity index (χ1v) is 10.4. The van der Waals surface area contributed by atoms with Crippen molar-refractivity contribution in [2.45, 2.75) is 19.0 Å². The van der Waals surface area contributed by atoms with Gasteiger partial charge in [0.2, 0.25) is 0 Å². The number of pyridine rings is 1. The summed E-state index contributed by atoms with van der Waals surface area (Å²) in [4.78, 5) is 4.19. The Balaban J connectivity index is 1.63. The van der Waals surface area contributed by atoms with E-state index in [0.29, 0.717) is 13.0 Å². The normalized spacial score (nSPS) is 18.8. The van der Waals surface area contributed by atoms with E-state index < -0.39 is 9.84 Å². The highest BCUT2D eigenvalue weighted by molar-refractivity contribution is 7.91. The molecule has 1 fully saturated rings. The molecule has 0 saturated carbocycles. The maximum absolute atomic E-state index is 11.7. The molecule has 0 aliphatic carbocycles. The summed E-state index contributed by atoms with van der Waals surface area (Å²) >= 11 is 0. The molecule has 134 valence electrons. The zero-order valence-electron chi connectivity index (χ0n) is 14.2. The molecule has 4 rings (SSSR count). The quantitative estimate of drug-likeness (QED) is 0.747. The summed E-state index contributed by atoms with van der Waals surface area (Å²) in [7, 11) is -2.89. The van der Waals surface area contributed by atoms with Crippen LogP contribution in [0.1, 0.15) is 12.0 Å². The average Bonchev–Trinajstić information content (AvgIpc) is 3.24. The third-order valence-electron chi connectivity index (χ3n) is 4.56. The second kappa shape index (κ2) is 7.01. The first-order chi connectivity index (χ1) is 12.6. The van der Waals surface area contributed by atoms with E-state index in [9.17, 15) is 8.42 Å². The Bertz CT molecular complexity index is 985. The highest BCUT2D eigenvalue weighted by Crippen LogP contribution is 2.23. The van der Waals surface area contributed by atoms with Gasteiger partial charge >= 0.3 is 0 Å². The molecule has 1 atom stereocenters.